The summed E-state index contributed by atoms with van der Waals surface area (Å²) in [7, 11) is -3.73. The average Bonchev–Trinajstić information content (AvgIpc) is 2.77. The lowest BCUT2D eigenvalue weighted by Crippen LogP contribution is -2.32. The highest BCUT2D eigenvalue weighted by atomic mass is 32.2. The highest BCUT2D eigenvalue weighted by Crippen LogP contribution is 2.23. The second kappa shape index (κ2) is 10.2. The molecule has 1 amide bonds. The van der Waals surface area contributed by atoms with Gasteiger partial charge in [-0.15, -0.1) is 0 Å². The zero-order chi connectivity index (χ0) is 23.1. The Bertz CT molecular complexity index is 1210. The number of carbonyl (C=O) groups is 2. The fourth-order valence-electron chi connectivity index (χ4n) is 3.25. The van der Waals surface area contributed by atoms with Gasteiger partial charge in [0.2, 0.25) is 15.9 Å². The van der Waals surface area contributed by atoms with E-state index >= 15 is 0 Å². The number of rotatable bonds is 9. The number of benzene rings is 3. The lowest BCUT2D eigenvalue weighted by Gasteiger charge is -2.22. The molecule has 0 radical (unpaired) electrons. The van der Waals surface area contributed by atoms with Crippen molar-refractivity contribution in [2.24, 2.45) is 0 Å². The first-order valence-electron chi connectivity index (χ1n) is 9.98. The van der Waals surface area contributed by atoms with Crippen LogP contribution < -0.4 is 9.62 Å². The minimum Gasteiger partial charge on any atom is -0.325 e. The number of hydrogen-bond donors (Lipinski definition) is 1. The molecule has 0 saturated heterocycles. The Morgan fingerprint density at radius 2 is 1.53 bits per heavy atom. The summed E-state index contributed by atoms with van der Waals surface area (Å²) < 4.78 is 39.3. The van der Waals surface area contributed by atoms with Gasteiger partial charge in [0.25, 0.3) is 0 Å². The van der Waals surface area contributed by atoms with Crippen molar-refractivity contribution >= 4 is 33.1 Å². The zero-order valence-corrected chi connectivity index (χ0v) is 18.3. The van der Waals surface area contributed by atoms with Gasteiger partial charge in [-0.1, -0.05) is 54.6 Å². The van der Waals surface area contributed by atoms with Gasteiger partial charge in [-0.25, -0.2) is 12.8 Å². The number of nitrogens with zero attached hydrogens (tertiary/aromatic N) is 1. The van der Waals surface area contributed by atoms with Gasteiger partial charge < -0.3 is 5.32 Å². The molecule has 0 bridgehead atoms. The largest absolute Gasteiger partial charge is 0.325 e. The summed E-state index contributed by atoms with van der Waals surface area (Å²) in [5, 5.41) is 2.72. The fraction of sp³-hybridized carbons (Fsp3) is 0.167. The number of halogens is 1. The molecule has 0 heterocycles. The first-order chi connectivity index (χ1) is 15.3. The van der Waals surface area contributed by atoms with Gasteiger partial charge in [0.05, 0.1) is 17.6 Å². The van der Waals surface area contributed by atoms with Gasteiger partial charge in [-0.05, 0) is 30.7 Å². The molecular formula is C24H23FN2O4S. The van der Waals surface area contributed by atoms with E-state index in [-0.39, 0.29) is 36.8 Å². The predicted molar refractivity (Wildman–Crippen MR) is 123 cm³/mol. The van der Waals surface area contributed by atoms with Crippen molar-refractivity contribution in [3.05, 3.63) is 95.8 Å². The zero-order valence-electron chi connectivity index (χ0n) is 17.5. The van der Waals surface area contributed by atoms with Crippen LogP contribution in [0.1, 0.15) is 28.8 Å². The molecule has 8 heteroatoms. The van der Waals surface area contributed by atoms with Crippen LogP contribution in [0.4, 0.5) is 15.8 Å². The molecule has 0 aliphatic carbocycles. The van der Waals surface area contributed by atoms with E-state index in [1.54, 1.807) is 54.6 Å². The van der Waals surface area contributed by atoms with Crippen molar-refractivity contribution in [2.75, 3.05) is 22.4 Å². The molecule has 166 valence electrons. The van der Waals surface area contributed by atoms with Crippen LogP contribution in [0.25, 0.3) is 0 Å². The monoisotopic (exact) mass is 454 g/mol. The lowest BCUT2D eigenvalue weighted by molar-refractivity contribution is -0.116. The van der Waals surface area contributed by atoms with Crippen molar-refractivity contribution in [3.8, 4) is 0 Å². The topological polar surface area (TPSA) is 83.6 Å². The van der Waals surface area contributed by atoms with E-state index in [4.69, 9.17) is 0 Å². The number of amides is 1. The highest BCUT2D eigenvalue weighted by molar-refractivity contribution is 7.92. The van der Waals surface area contributed by atoms with Crippen LogP contribution in [0.3, 0.4) is 0 Å². The number of hydrogen-bond acceptors (Lipinski definition) is 4. The van der Waals surface area contributed by atoms with E-state index < -0.39 is 15.8 Å². The van der Waals surface area contributed by atoms with E-state index in [0.29, 0.717) is 16.8 Å². The summed E-state index contributed by atoms with van der Waals surface area (Å²) in [5.74, 6) is -1.25. The van der Waals surface area contributed by atoms with Gasteiger partial charge in [0.15, 0.2) is 5.78 Å². The lowest BCUT2D eigenvalue weighted by atomic mass is 10.0. The van der Waals surface area contributed by atoms with E-state index in [9.17, 15) is 22.4 Å². The van der Waals surface area contributed by atoms with Crippen LogP contribution in [-0.4, -0.2) is 32.9 Å². The third-order valence-corrected chi connectivity index (χ3v) is 5.95. The number of anilines is 2. The summed E-state index contributed by atoms with van der Waals surface area (Å²) in [5.41, 5.74) is 1.17. The van der Waals surface area contributed by atoms with Crippen molar-refractivity contribution in [3.63, 3.8) is 0 Å². The smallest absolute Gasteiger partial charge is 0.232 e. The Hall–Kier alpha value is -3.52. The molecule has 0 spiro atoms. The Morgan fingerprint density at radius 1 is 0.906 bits per heavy atom. The van der Waals surface area contributed by atoms with Crippen LogP contribution in [-0.2, 0) is 14.8 Å². The maximum absolute atomic E-state index is 14.1. The molecule has 32 heavy (non-hydrogen) atoms. The second-order valence-electron chi connectivity index (χ2n) is 7.18. The summed E-state index contributed by atoms with van der Waals surface area (Å²) >= 11 is 0. The SMILES string of the molecule is CS(=O)(=O)N(CCCC(=O)Nc1ccccc1C(=O)c1ccccc1)c1ccccc1F. The third-order valence-electron chi connectivity index (χ3n) is 4.77. The van der Waals surface area contributed by atoms with Gasteiger partial charge in [0, 0.05) is 24.1 Å². The van der Waals surface area contributed by atoms with Crippen LogP contribution >= 0.6 is 0 Å². The molecule has 0 aromatic heterocycles. The van der Waals surface area contributed by atoms with Gasteiger partial charge >= 0.3 is 0 Å². The van der Waals surface area contributed by atoms with Gasteiger partial charge in [-0.3, -0.25) is 13.9 Å². The Labute approximate surface area is 186 Å². The van der Waals surface area contributed by atoms with Crippen molar-refractivity contribution in [1.29, 1.82) is 0 Å². The summed E-state index contributed by atoms with van der Waals surface area (Å²) in [6.07, 6.45) is 1.15. The minimum absolute atomic E-state index is 0.00562. The highest BCUT2D eigenvalue weighted by Gasteiger charge is 2.21. The number of nitrogens with one attached hydrogen (secondary N) is 1. The van der Waals surface area contributed by atoms with Crippen molar-refractivity contribution in [2.45, 2.75) is 12.8 Å². The second-order valence-corrected chi connectivity index (χ2v) is 9.09. The third kappa shape index (κ3) is 5.79. The quantitative estimate of drug-likeness (QED) is 0.490. The molecule has 3 aromatic rings. The Balaban J connectivity index is 1.67. The molecular weight excluding hydrogens is 431 g/mol. The molecule has 0 atom stereocenters. The average molecular weight is 455 g/mol. The fourth-order valence-corrected chi connectivity index (χ4v) is 4.22. The number of para-hydroxylation sites is 2. The Morgan fingerprint density at radius 3 is 2.22 bits per heavy atom. The van der Waals surface area contributed by atoms with Crippen molar-refractivity contribution < 1.29 is 22.4 Å². The molecule has 0 saturated carbocycles. The van der Waals surface area contributed by atoms with E-state index in [1.807, 2.05) is 6.07 Å². The standard InChI is InChI=1S/C24H23FN2O4S/c1-32(30,31)27(22-15-8-6-13-20(22)25)17-9-16-23(28)26-21-14-7-5-12-19(21)24(29)18-10-3-2-4-11-18/h2-8,10-15H,9,16-17H2,1H3,(H,26,28). The number of carbonyl (C=O) groups excluding carboxylic acids is 2. The van der Waals surface area contributed by atoms with E-state index in [1.165, 1.54) is 18.2 Å². The molecule has 0 unspecified atom stereocenters. The first kappa shape index (κ1) is 23.1. The number of sulfonamides is 1. The maximum Gasteiger partial charge on any atom is 0.232 e. The summed E-state index contributed by atoms with van der Waals surface area (Å²) in [6.45, 7) is -0.0578. The van der Waals surface area contributed by atoms with E-state index in [2.05, 4.69) is 5.32 Å². The van der Waals surface area contributed by atoms with Crippen LogP contribution in [0.15, 0.2) is 78.9 Å². The van der Waals surface area contributed by atoms with Crippen LogP contribution in [0.2, 0.25) is 0 Å². The molecule has 6 nitrogen and oxygen atoms in total. The maximum atomic E-state index is 14.1. The van der Waals surface area contributed by atoms with E-state index in [0.717, 1.165) is 10.6 Å². The minimum atomic E-state index is -3.73. The first-order valence-corrected chi connectivity index (χ1v) is 11.8. The molecule has 1 N–H and O–H groups in total. The molecule has 3 rings (SSSR count). The van der Waals surface area contributed by atoms with Crippen molar-refractivity contribution in [1.82, 2.24) is 0 Å². The normalized spacial score (nSPS) is 11.1. The summed E-state index contributed by atoms with van der Waals surface area (Å²) in [6, 6.07) is 21.0. The molecule has 0 aliphatic rings. The molecule has 0 fully saturated rings. The predicted octanol–water partition coefficient (Wildman–Crippen LogP) is 4.24. The molecule has 3 aromatic carbocycles. The van der Waals surface area contributed by atoms with Crippen LogP contribution in [0.5, 0.6) is 0 Å². The van der Waals surface area contributed by atoms with Crippen LogP contribution in [0, 0.1) is 5.82 Å². The summed E-state index contributed by atoms with van der Waals surface area (Å²) in [4.78, 5) is 25.3. The number of ketones is 1. The van der Waals surface area contributed by atoms with Gasteiger partial charge in [0.1, 0.15) is 5.82 Å². The molecule has 0 aliphatic heterocycles. The Kier molecular flexibility index (Phi) is 7.37. The van der Waals surface area contributed by atoms with Gasteiger partial charge in [-0.2, -0.15) is 0 Å².